The summed E-state index contributed by atoms with van der Waals surface area (Å²) in [5.41, 5.74) is 0.274. The van der Waals surface area contributed by atoms with E-state index in [1.807, 2.05) is 6.07 Å². The van der Waals surface area contributed by atoms with Gasteiger partial charge in [-0.25, -0.2) is 9.97 Å². The fraction of sp³-hybridized carbons (Fsp3) is 0.364. The number of rotatable bonds is 2. The highest BCUT2D eigenvalue weighted by Gasteiger charge is 2.18. The number of H-pyrrole nitrogens is 1. The summed E-state index contributed by atoms with van der Waals surface area (Å²) in [6, 6.07) is 2.33. The maximum atomic E-state index is 11.5. The van der Waals surface area contributed by atoms with E-state index in [4.69, 9.17) is 0 Å². The fourth-order valence-corrected chi connectivity index (χ4v) is 1.86. The molecule has 5 nitrogen and oxygen atoms in total. The molecule has 1 saturated carbocycles. The Balaban J connectivity index is 2.09. The first-order valence-corrected chi connectivity index (χ1v) is 5.43. The highest BCUT2D eigenvalue weighted by atomic mass is 16.1. The molecule has 1 aliphatic rings. The molecule has 5 heteroatoms. The molecule has 0 radical (unpaired) electrons. The van der Waals surface area contributed by atoms with Crippen LogP contribution in [-0.4, -0.2) is 21.0 Å². The van der Waals surface area contributed by atoms with Crippen molar-refractivity contribution in [2.24, 2.45) is 0 Å². The Morgan fingerprint density at radius 2 is 2.25 bits per heavy atom. The molecule has 2 aromatic heterocycles. The van der Waals surface area contributed by atoms with Gasteiger partial charge in [0.15, 0.2) is 0 Å². The van der Waals surface area contributed by atoms with Crippen LogP contribution in [0.5, 0.6) is 0 Å². The second-order valence-corrected chi connectivity index (χ2v) is 4.06. The van der Waals surface area contributed by atoms with Gasteiger partial charge in [-0.15, -0.1) is 0 Å². The van der Waals surface area contributed by atoms with Crippen molar-refractivity contribution >= 4 is 16.7 Å². The minimum Gasteiger partial charge on any atom is -0.367 e. The van der Waals surface area contributed by atoms with Gasteiger partial charge in [0.25, 0.3) is 5.56 Å². The standard InChI is InChI=1S/C11H12N4O/c16-11-9-8(4-5-12-11)10(14-6-13-9)15-7-2-1-3-7/h4-7H,1-3H2,(H,12,16)(H,13,14,15). The largest absolute Gasteiger partial charge is 0.367 e. The molecule has 0 saturated heterocycles. The molecule has 2 heterocycles. The Labute approximate surface area is 91.9 Å². The molecule has 2 N–H and O–H groups in total. The highest BCUT2D eigenvalue weighted by Crippen LogP contribution is 2.24. The average molecular weight is 216 g/mol. The molecule has 0 aromatic carbocycles. The molecule has 16 heavy (non-hydrogen) atoms. The van der Waals surface area contributed by atoms with E-state index in [1.165, 1.54) is 25.6 Å². The summed E-state index contributed by atoms with van der Waals surface area (Å²) in [5, 5.41) is 4.13. The van der Waals surface area contributed by atoms with Crippen LogP contribution in [0.4, 0.5) is 5.82 Å². The van der Waals surface area contributed by atoms with Gasteiger partial charge in [-0.2, -0.15) is 0 Å². The second kappa shape index (κ2) is 3.59. The lowest BCUT2D eigenvalue weighted by atomic mass is 9.93. The molecule has 0 unspecified atom stereocenters. The topological polar surface area (TPSA) is 70.7 Å². The van der Waals surface area contributed by atoms with Gasteiger partial charge >= 0.3 is 0 Å². The van der Waals surface area contributed by atoms with Gasteiger partial charge in [-0.05, 0) is 25.3 Å². The summed E-state index contributed by atoms with van der Waals surface area (Å²) in [6.07, 6.45) is 6.67. The van der Waals surface area contributed by atoms with Gasteiger partial charge in [-0.1, -0.05) is 0 Å². The predicted octanol–water partition coefficient (Wildman–Crippen LogP) is 1.28. The summed E-state index contributed by atoms with van der Waals surface area (Å²) >= 11 is 0. The smallest absolute Gasteiger partial charge is 0.274 e. The number of fused-ring (bicyclic) bond motifs is 1. The maximum Gasteiger partial charge on any atom is 0.274 e. The number of aromatic nitrogens is 3. The third-order valence-corrected chi connectivity index (χ3v) is 3.01. The molecule has 82 valence electrons. The predicted molar refractivity (Wildman–Crippen MR) is 61.4 cm³/mol. The van der Waals surface area contributed by atoms with E-state index in [2.05, 4.69) is 20.3 Å². The van der Waals surface area contributed by atoms with Crippen molar-refractivity contribution in [2.45, 2.75) is 25.3 Å². The summed E-state index contributed by atoms with van der Waals surface area (Å²) in [6.45, 7) is 0. The monoisotopic (exact) mass is 216 g/mol. The molecule has 0 amide bonds. The number of hydrogen-bond acceptors (Lipinski definition) is 4. The number of hydrogen-bond donors (Lipinski definition) is 2. The van der Waals surface area contributed by atoms with Gasteiger partial charge < -0.3 is 10.3 Å². The van der Waals surface area contributed by atoms with Crippen LogP contribution in [-0.2, 0) is 0 Å². The fourth-order valence-electron chi connectivity index (χ4n) is 1.86. The van der Waals surface area contributed by atoms with Crippen LogP contribution in [0.25, 0.3) is 10.9 Å². The number of pyridine rings is 1. The third-order valence-electron chi connectivity index (χ3n) is 3.01. The highest BCUT2D eigenvalue weighted by molar-refractivity contribution is 5.87. The first-order valence-electron chi connectivity index (χ1n) is 5.43. The zero-order valence-electron chi connectivity index (χ0n) is 8.73. The minimum absolute atomic E-state index is 0.170. The number of nitrogens with one attached hydrogen (secondary N) is 2. The van der Waals surface area contributed by atoms with Crippen molar-refractivity contribution in [2.75, 3.05) is 5.32 Å². The molecule has 3 rings (SSSR count). The van der Waals surface area contributed by atoms with Crippen LogP contribution in [0.15, 0.2) is 23.4 Å². The lowest BCUT2D eigenvalue weighted by Crippen LogP contribution is -2.27. The number of anilines is 1. The quantitative estimate of drug-likeness (QED) is 0.793. The molecular formula is C11H12N4O. The van der Waals surface area contributed by atoms with E-state index in [-0.39, 0.29) is 5.56 Å². The van der Waals surface area contributed by atoms with Crippen molar-refractivity contribution in [1.82, 2.24) is 15.0 Å². The maximum absolute atomic E-state index is 11.5. The Morgan fingerprint density at radius 3 is 3.00 bits per heavy atom. The van der Waals surface area contributed by atoms with E-state index >= 15 is 0 Å². The van der Waals surface area contributed by atoms with Gasteiger partial charge in [0.05, 0.1) is 0 Å². The van der Waals surface area contributed by atoms with Gasteiger partial charge in [0.1, 0.15) is 17.7 Å². The van der Waals surface area contributed by atoms with E-state index in [1.54, 1.807) is 6.20 Å². The minimum atomic E-state index is -0.170. The van der Waals surface area contributed by atoms with E-state index in [0.29, 0.717) is 11.6 Å². The van der Waals surface area contributed by atoms with Crippen molar-refractivity contribution in [3.63, 3.8) is 0 Å². The number of nitrogens with zero attached hydrogens (tertiary/aromatic N) is 2. The zero-order chi connectivity index (χ0) is 11.0. The van der Waals surface area contributed by atoms with Crippen molar-refractivity contribution < 1.29 is 0 Å². The van der Waals surface area contributed by atoms with E-state index in [9.17, 15) is 4.79 Å². The Bertz CT molecular complexity index is 573. The van der Waals surface area contributed by atoms with Crippen LogP contribution in [0.1, 0.15) is 19.3 Å². The van der Waals surface area contributed by atoms with Crippen LogP contribution in [0, 0.1) is 0 Å². The SMILES string of the molecule is O=c1[nH]ccc2c(NC3CCC3)ncnc12. The van der Waals surface area contributed by atoms with Crippen molar-refractivity contribution in [3.8, 4) is 0 Å². The van der Waals surface area contributed by atoms with E-state index < -0.39 is 0 Å². The second-order valence-electron chi connectivity index (χ2n) is 4.06. The lowest BCUT2D eigenvalue weighted by Gasteiger charge is -2.27. The van der Waals surface area contributed by atoms with Gasteiger partial charge in [0, 0.05) is 17.6 Å². The summed E-state index contributed by atoms with van der Waals surface area (Å²) in [4.78, 5) is 22.3. The van der Waals surface area contributed by atoms with Crippen LogP contribution in [0.3, 0.4) is 0 Å². The van der Waals surface area contributed by atoms with Crippen molar-refractivity contribution in [3.05, 3.63) is 28.9 Å². The molecular weight excluding hydrogens is 204 g/mol. The zero-order valence-corrected chi connectivity index (χ0v) is 8.73. The molecule has 0 bridgehead atoms. The molecule has 0 spiro atoms. The normalized spacial score (nSPS) is 16.0. The first-order chi connectivity index (χ1) is 7.84. The summed E-state index contributed by atoms with van der Waals surface area (Å²) in [7, 11) is 0. The lowest BCUT2D eigenvalue weighted by molar-refractivity contribution is 0.445. The molecule has 1 fully saturated rings. The van der Waals surface area contributed by atoms with Crippen LogP contribution < -0.4 is 10.9 Å². The Kier molecular flexibility index (Phi) is 2.09. The average Bonchev–Trinajstić information content (AvgIpc) is 2.24. The molecule has 0 atom stereocenters. The van der Waals surface area contributed by atoms with Gasteiger partial charge in [-0.3, -0.25) is 4.79 Å². The van der Waals surface area contributed by atoms with E-state index in [0.717, 1.165) is 11.2 Å². The Hall–Kier alpha value is -1.91. The number of aromatic amines is 1. The first kappa shape index (κ1) is 9.33. The molecule has 1 aliphatic carbocycles. The molecule has 0 aliphatic heterocycles. The summed E-state index contributed by atoms with van der Waals surface area (Å²) < 4.78 is 0. The third kappa shape index (κ3) is 1.44. The molecule has 2 aromatic rings. The summed E-state index contributed by atoms with van der Waals surface area (Å²) in [5.74, 6) is 0.765. The van der Waals surface area contributed by atoms with Crippen LogP contribution >= 0.6 is 0 Å². The van der Waals surface area contributed by atoms with Crippen LogP contribution in [0.2, 0.25) is 0 Å². The van der Waals surface area contributed by atoms with Gasteiger partial charge in [0.2, 0.25) is 0 Å². The Morgan fingerprint density at radius 1 is 1.38 bits per heavy atom. The van der Waals surface area contributed by atoms with Crippen molar-refractivity contribution in [1.29, 1.82) is 0 Å².